The van der Waals surface area contributed by atoms with Crippen LogP contribution < -0.4 is 5.73 Å². The summed E-state index contributed by atoms with van der Waals surface area (Å²) in [5.41, 5.74) is 12.5. The third kappa shape index (κ3) is 4.29. The number of amides is 1. The van der Waals surface area contributed by atoms with Gasteiger partial charge in [0.05, 0.1) is 5.69 Å². The summed E-state index contributed by atoms with van der Waals surface area (Å²) in [5, 5.41) is 4.85. The van der Waals surface area contributed by atoms with Gasteiger partial charge in [-0.2, -0.15) is 5.10 Å². The molecule has 1 amide bonds. The molecule has 1 aliphatic heterocycles. The van der Waals surface area contributed by atoms with Crippen LogP contribution in [0.15, 0.2) is 54.6 Å². The molecule has 0 aliphatic carbocycles. The molecule has 34 heavy (non-hydrogen) atoms. The average Bonchev–Trinajstić information content (AvgIpc) is 3.18. The van der Waals surface area contributed by atoms with E-state index in [-0.39, 0.29) is 11.9 Å². The Labute approximate surface area is 204 Å². The standard InChI is InChI=1S/C29H38N4O/c1-6-33-26-18-19-32(29(5,28(30)34)24-10-8-7-9-11-24)25(27(26)21(4)31-33)17-14-22-12-15-23(16-13-22)20(2)3/h7-13,15-16,20,25H,6,14,17-19H2,1-5H3,(H2,30,34). The minimum atomic E-state index is -0.897. The predicted molar refractivity (Wildman–Crippen MR) is 138 cm³/mol. The van der Waals surface area contributed by atoms with Crippen LogP contribution in [0.3, 0.4) is 0 Å². The summed E-state index contributed by atoms with van der Waals surface area (Å²) in [6, 6.07) is 19.0. The van der Waals surface area contributed by atoms with Crippen LogP contribution >= 0.6 is 0 Å². The molecule has 1 aliphatic rings. The van der Waals surface area contributed by atoms with Crippen molar-refractivity contribution in [1.29, 1.82) is 0 Å². The Balaban J connectivity index is 1.74. The van der Waals surface area contributed by atoms with Gasteiger partial charge in [0.2, 0.25) is 5.91 Å². The first-order valence-electron chi connectivity index (χ1n) is 12.5. The Morgan fingerprint density at radius 3 is 2.41 bits per heavy atom. The Morgan fingerprint density at radius 2 is 1.82 bits per heavy atom. The van der Waals surface area contributed by atoms with Gasteiger partial charge in [-0.15, -0.1) is 0 Å². The topological polar surface area (TPSA) is 64.2 Å². The van der Waals surface area contributed by atoms with Crippen molar-refractivity contribution in [3.63, 3.8) is 0 Å². The highest BCUT2D eigenvalue weighted by molar-refractivity contribution is 5.86. The number of carbonyl (C=O) groups excluding carboxylic acids is 1. The number of primary amides is 1. The Kier molecular flexibility index (Phi) is 6.94. The van der Waals surface area contributed by atoms with E-state index in [1.807, 2.05) is 37.3 Å². The third-order valence-electron chi connectivity index (χ3n) is 7.62. The van der Waals surface area contributed by atoms with Gasteiger partial charge in [0, 0.05) is 36.8 Å². The second-order valence-corrected chi connectivity index (χ2v) is 9.96. The second kappa shape index (κ2) is 9.75. The van der Waals surface area contributed by atoms with E-state index in [0.717, 1.165) is 43.6 Å². The summed E-state index contributed by atoms with van der Waals surface area (Å²) >= 11 is 0. The van der Waals surface area contributed by atoms with Crippen LogP contribution in [-0.4, -0.2) is 27.1 Å². The van der Waals surface area contributed by atoms with E-state index < -0.39 is 5.54 Å². The van der Waals surface area contributed by atoms with Crippen molar-refractivity contribution in [2.75, 3.05) is 6.54 Å². The molecule has 2 N–H and O–H groups in total. The maximum absolute atomic E-state index is 13.1. The third-order valence-corrected chi connectivity index (χ3v) is 7.62. The van der Waals surface area contributed by atoms with Crippen molar-refractivity contribution < 1.29 is 4.79 Å². The number of nitrogens with zero attached hydrogens (tertiary/aromatic N) is 3. The molecule has 5 heteroatoms. The highest BCUT2D eigenvalue weighted by atomic mass is 16.1. The zero-order valence-electron chi connectivity index (χ0n) is 21.2. The second-order valence-electron chi connectivity index (χ2n) is 9.96. The Bertz CT molecular complexity index is 1130. The summed E-state index contributed by atoms with van der Waals surface area (Å²) in [6.07, 6.45) is 2.69. The van der Waals surface area contributed by atoms with E-state index in [0.29, 0.717) is 5.92 Å². The maximum Gasteiger partial charge on any atom is 0.242 e. The van der Waals surface area contributed by atoms with E-state index in [9.17, 15) is 4.79 Å². The number of hydrogen-bond acceptors (Lipinski definition) is 3. The van der Waals surface area contributed by atoms with Crippen molar-refractivity contribution in [3.8, 4) is 0 Å². The van der Waals surface area contributed by atoms with Gasteiger partial charge < -0.3 is 5.73 Å². The number of nitrogens with two attached hydrogens (primary N) is 1. The molecule has 0 saturated carbocycles. The lowest BCUT2D eigenvalue weighted by atomic mass is 9.82. The fourth-order valence-corrected chi connectivity index (χ4v) is 5.56. The van der Waals surface area contributed by atoms with Crippen molar-refractivity contribution in [2.45, 2.75) is 77.9 Å². The molecule has 2 heterocycles. The predicted octanol–water partition coefficient (Wildman–Crippen LogP) is 5.27. The molecule has 4 rings (SSSR count). The number of rotatable bonds is 8. The summed E-state index contributed by atoms with van der Waals surface area (Å²) < 4.78 is 2.14. The van der Waals surface area contributed by atoms with Crippen molar-refractivity contribution in [1.82, 2.24) is 14.7 Å². The molecule has 2 aromatic carbocycles. The van der Waals surface area contributed by atoms with Crippen molar-refractivity contribution in [3.05, 3.63) is 88.2 Å². The lowest BCUT2D eigenvalue weighted by molar-refractivity contribution is -0.132. The van der Waals surface area contributed by atoms with Crippen LogP contribution in [-0.2, 0) is 29.7 Å². The van der Waals surface area contributed by atoms with Crippen LogP contribution in [0.25, 0.3) is 0 Å². The fraction of sp³-hybridized carbons (Fsp3) is 0.448. The molecule has 0 bridgehead atoms. The smallest absolute Gasteiger partial charge is 0.242 e. The zero-order chi connectivity index (χ0) is 24.5. The quantitative estimate of drug-likeness (QED) is 0.500. The molecule has 0 fully saturated rings. The van der Waals surface area contributed by atoms with Gasteiger partial charge in [-0.25, -0.2) is 0 Å². The first kappa shape index (κ1) is 24.2. The maximum atomic E-state index is 13.1. The number of benzene rings is 2. The first-order valence-corrected chi connectivity index (χ1v) is 12.5. The summed E-state index contributed by atoms with van der Waals surface area (Å²) in [6.45, 7) is 12.3. The lowest BCUT2D eigenvalue weighted by Gasteiger charge is -2.47. The van der Waals surface area contributed by atoms with Crippen LogP contribution in [0.2, 0.25) is 0 Å². The number of carbonyl (C=O) groups is 1. The highest BCUT2D eigenvalue weighted by Crippen LogP contribution is 2.43. The van der Waals surface area contributed by atoms with E-state index in [4.69, 9.17) is 10.8 Å². The number of aromatic nitrogens is 2. The van der Waals surface area contributed by atoms with E-state index in [1.54, 1.807) is 0 Å². The summed E-state index contributed by atoms with van der Waals surface area (Å²) in [5.74, 6) is 0.212. The van der Waals surface area contributed by atoms with Gasteiger partial charge >= 0.3 is 0 Å². The molecule has 5 nitrogen and oxygen atoms in total. The summed E-state index contributed by atoms with van der Waals surface area (Å²) in [7, 11) is 0. The molecule has 180 valence electrons. The normalized spacial score (nSPS) is 18.0. The molecule has 0 saturated heterocycles. The molecule has 2 unspecified atom stereocenters. The number of fused-ring (bicyclic) bond motifs is 1. The van der Waals surface area contributed by atoms with E-state index in [1.165, 1.54) is 22.4 Å². The van der Waals surface area contributed by atoms with Crippen LogP contribution in [0, 0.1) is 6.92 Å². The largest absolute Gasteiger partial charge is 0.368 e. The minimum Gasteiger partial charge on any atom is -0.368 e. The Morgan fingerprint density at radius 1 is 1.15 bits per heavy atom. The lowest BCUT2D eigenvalue weighted by Crippen LogP contribution is -2.56. The monoisotopic (exact) mass is 458 g/mol. The van der Waals surface area contributed by atoms with Gasteiger partial charge in [-0.3, -0.25) is 14.4 Å². The van der Waals surface area contributed by atoms with Gasteiger partial charge in [0.25, 0.3) is 0 Å². The minimum absolute atomic E-state index is 0.0616. The zero-order valence-corrected chi connectivity index (χ0v) is 21.2. The van der Waals surface area contributed by atoms with Gasteiger partial charge in [-0.1, -0.05) is 68.4 Å². The molecule has 2 atom stereocenters. The van der Waals surface area contributed by atoms with E-state index >= 15 is 0 Å². The molecular formula is C29H38N4O. The van der Waals surface area contributed by atoms with Crippen LogP contribution in [0.5, 0.6) is 0 Å². The average molecular weight is 459 g/mol. The van der Waals surface area contributed by atoms with Gasteiger partial charge in [-0.05, 0) is 56.2 Å². The molecular weight excluding hydrogens is 420 g/mol. The van der Waals surface area contributed by atoms with Crippen molar-refractivity contribution in [2.24, 2.45) is 5.73 Å². The van der Waals surface area contributed by atoms with Crippen LogP contribution in [0.1, 0.15) is 79.7 Å². The Hall–Kier alpha value is -2.92. The highest BCUT2D eigenvalue weighted by Gasteiger charge is 2.46. The van der Waals surface area contributed by atoms with Gasteiger partial charge in [0.15, 0.2) is 0 Å². The molecule has 1 aromatic heterocycles. The summed E-state index contributed by atoms with van der Waals surface area (Å²) in [4.78, 5) is 15.4. The fourth-order valence-electron chi connectivity index (χ4n) is 5.56. The molecule has 0 spiro atoms. The molecule has 0 radical (unpaired) electrons. The number of hydrogen-bond donors (Lipinski definition) is 1. The SMILES string of the molecule is CCn1nc(C)c2c1CCN(C(C)(C(N)=O)c1ccccc1)C2CCc1ccc(C(C)C)cc1. The van der Waals surface area contributed by atoms with Crippen LogP contribution in [0.4, 0.5) is 0 Å². The molecule has 3 aromatic rings. The van der Waals surface area contributed by atoms with Crippen molar-refractivity contribution >= 4 is 5.91 Å². The first-order chi connectivity index (χ1) is 16.3. The number of aryl methyl sites for hydroxylation is 3. The van der Waals surface area contributed by atoms with E-state index in [2.05, 4.69) is 61.5 Å². The van der Waals surface area contributed by atoms with Gasteiger partial charge in [0.1, 0.15) is 5.54 Å².